The van der Waals surface area contributed by atoms with Crippen LogP contribution < -0.4 is 10.1 Å². The summed E-state index contributed by atoms with van der Waals surface area (Å²) in [4.78, 5) is 22.5. The molecular formula is C13H14FNO3. The SMILES string of the molecule is O=Cc1cccc(F)c1OC1CCCCNC1=O. The number of rotatable bonds is 3. The quantitative estimate of drug-likeness (QED) is 0.832. The molecule has 1 atom stereocenters. The van der Waals surface area contributed by atoms with E-state index in [9.17, 15) is 14.0 Å². The largest absolute Gasteiger partial charge is 0.477 e. The Kier molecular flexibility index (Phi) is 3.92. The van der Waals surface area contributed by atoms with Crippen molar-refractivity contribution in [1.82, 2.24) is 5.32 Å². The van der Waals surface area contributed by atoms with Crippen molar-refractivity contribution in [3.8, 4) is 5.75 Å². The third-order valence-corrected chi connectivity index (χ3v) is 2.87. The van der Waals surface area contributed by atoms with Gasteiger partial charge in [-0.2, -0.15) is 0 Å². The van der Waals surface area contributed by atoms with Crippen LogP contribution in [0.15, 0.2) is 18.2 Å². The van der Waals surface area contributed by atoms with E-state index in [1.165, 1.54) is 18.2 Å². The monoisotopic (exact) mass is 251 g/mol. The molecule has 0 saturated carbocycles. The minimum atomic E-state index is -0.733. The number of para-hydroxylation sites is 1. The number of ether oxygens (including phenoxy) is 1. The highest BCUT2D eigenvalue weighted by molar-refractivity contribution is 5.83. The van der Waals surface area contributed by atoms with Gasteiger partial charge in [-0.1, -0.05) is 6.07 Å². The van der Waals surface area contributed by atoms with E-state index >= 15 is 0 Å². The lowest BCUT2D eigenvalue weighted by atomic mass is 10.1. The summed E-state index contributed by atoms with van der Waals surface area (Å²) in [5.41, 5.74) is 0.118. The number of halogens is 1. The summed E-state index contributed by atoms with van der Waals surface area (Å²) in [5, 5.41) is 2.70. The van der Waals surface area contributed by atoms with E-state index in [0.29, 0.717) is 19.3 Å². The lowest BCUT2D eigenvalue weighted by Crippen LogP contribution is -2.36. The van der Waals surface area contributed by atoms with Crippen molar-refractivity contribution in [1.29, 1.82) is 0 Å². The zero-order chi connectivity index (χ0) is 13.0. The average Bonchev–Trinajstić information content (AvgIpc) is 2.57. The number of carbonyl (C=O) groups excluding carboxylic acids is 2. The first kappa shape index (κ1) is 12.5. The van der Waals surface area contributed by atoms with Gasteiger partial charge < -0.3 is 10.1 Å². The summed E-state index contributed by atoms with van der Waals surface area (Å²) in [7, 11) is 0. The maximum atomic E-state index is 13.6. The van der Waals surface area contributed by atoms with Crippen LogP contribution in [-0.4, -0.2) is 24.8 Å². The van der Waals surface area contributed by atoms with E-state index in [2.05, 4.69) is 5.32 Å². The minimum Gasteiger partial charge on any atom is -0.477 e. The summed E-state index contributed by atoms with van der Waals surface area (Å²) in [6.07, 6.45) is 2.02. The van der Waals surface area contributed by atoms with Crippen LogP contribution in [0.2, 0.25) is 0 Å². The second-order valence-electron chi connectivity index (χ2n) is 4.17. The highest BCUT2D eigenvalue weighted by atomic mass is 19.1. The molecule has 0 aliphatic carbocycles. The molecule has 1 aromatic carbocycles. The molecule has 1 fully saturated rings. The van der Waals surface area contributed by atoms with Gasteiger partial charge in [0.15, 0.2) is 24.0 Å². The predicted molar refractivity (Wildman–Crippen MR) is 63.1 cm³/mol. The fourth-order valence-corrected chi connectivity index (χ4v) is 1.91. The maximum Gasteiger partial charge on any atom is 0.261 e. The number of benzene rings is 1. The first-order valence-corrected chi connectivity index (χ1v) is 5.90. The molecule has 1 aliphatic heterocycles. The average molecular weight is 251 g/mol. The Morgan fingerprint density at radius 3 is 3.00 bits per heavy atom. The predicted octanol–water partition coefficient (Wildman–Crippen LogP) is 1.69. The zero-order valence-corrected chi connectivity index (χ0v) is 9.82. The van der Waals surface area contributed by atoms with Gasteiger partial charge in [-0.05, 0) is 31.4 Å². The summed E-state index contributed by atoms with van der Waals surface area (Å²) < 4.78 is 19.0. The van der Waals surface area contributed by atoms with Gasteiger partial charge in [-0.15, -0.1) is 0 Å². The second-order valence-corrected chi connectivity index (χ2v) is 4.17. The number of nitrogens with one attached hydrogen (secondary N) is 1. The van der Waals surface area contributed by atoms with Crippen molar-refractivity contribution in [2.75, 3.05) is 6.54 Å². The maximum absolute atomic E-state index is 13.6. The van der Waals surface area contributed by atoms with Crippen LogP contribution in [-0.2, 0) is 4.79 Å². The fourth-order valence-electron chi connectivity index (χ4n) is 1.91. The Morgan fingerprint density at radius 1 is 1.39 bits per heavy atom. The summed E-state index contributed by atoms with van der Waals surface area (Å²) >= 11 is 0. The van der Waals surface area contributed by atoms with Crippen molar-refractivity contribution in [2.24, 2.45) is 0 Å². The molecule has 1 amide bonds. The summed E-state index contributed by atoms with van der Waals surface area (Å²) in [6, 6.07) is 4.09. The lowest BCUT2D eigenvalue weighted by molar-refractivity contribution is -0.127. The Hall–Kier alpha value is -1.91. The molecule has 0 aromatic heterocycles. The van der Waals surface area contributed by atoms with Gasteiger partial charge in [-0.3, -0.25) is 9.59 Å². The highest BCUT2D eigenvalue weighted by Crippen LogP contribution is 2.24. The van der Waals surface area contributed by atoms with Crippen molar-refractivity contribution in [3.63, 3.8) is 0 Å². The summed E-state index contributed by atoms with van der Waals surface area (Å²) in [5.74, 6) is -1.03. The molecule has 1 heterocycles. The van der Waals surface area contributed by atoms with E-state index in [1.54, 1.807) is 0 Å². The van der Waals surface area contributed by atoms with Crippen molar-refractivity contribution < 1.29 is 18.7 Å². The third-order valence-electron chi connectivity index (χ3n) is 2.87. The zero-order valence-electron chi connectivity index (χ0n) is 9.82. The topological polar surface area (TPSA) is 55.4 Å². The van der Waals surface area contributed by atoms with E-state index in [0.717, 1.165) is 12.8 Å². The van der Waals surface area contributed by atoms with Crippen LogP contribution >= 0.6 is 0 Å². The molecule has 0 radical (unpaired) electrons. The Balaban J connectivity index is 2.22. The van der Waals surface area contributed by atoms with Crippen LogP contribution in [0.5, 0.6) is 5.75 Å². The molecule has 1 aromatic rings. The van der Waals surface area contributed by atoms with Crippen molar-refractivity contribution in [2.45, 2.75) is 25.4 Å². The van der Waals surface area contributed by atoms with Gasteiger partial charge >= 0.3 is 0 Å². The molecule has 5 heteroatoms. The molecule has 96 valence electrons. The smallest absolute Gasteiger partial charge is 0.261 e. The van der Waals surface area contributed by atoms with Crippen LogP contribution in [0, 0.1) is 5.82 Å². The molecule has 1 aliphatic rings. The number of hydrogen-bond acceptors (Lipinski definition) is 3. The molecule has 1 unspecified atom stereocenters. The Labute approximate surface area is 104 Å². The number of aldehydes is 1. The number of hydrogen-bond donors (Lipinski definition) is 1. The summed E-state index contributed by atoms with van der Waals surface area (Å²) in [6.45, 7) is 0.608. The Bertz CT molecular complexity index is 462. The van der Waals surface area contributed by atoms with Gasteiger partial charge in [0, 0.05) is 6.54 Å². The van der Waals surface area contributed by atoms with Crippen LogP contribution in [0.1, 0.15) is 29.6 Å². The molecule has 18 heavy (non-hydrogen) atoms. The second kappa shape index (κ2) is 5.62. The molecular weight excluding hydrogens is 237 g/mol. The van der Waals surface area contributed by atoms with Crippen LogP contribution in [0.25, 0.3) is 0 Å². The standard InChI is InChI=1S/C13H14FNO3/c14-10-5-3-4-9(8-16)12(10)18-11-6-1-2-7-15-13(11)17/h3-5,8,11H,1-2,6-7H2,(H,15,17). The van der Waals surface area contributed by atoms with E-state index in [-0.39, 0.29) is 17.2 Å². The first-order valence-electron chi connectivity index (χ1n) is 5.90. The van der Waals surface area contributed by atoms with Gasteiger partial charge in [0.05, 0.1) is 5.56 Å². The van der Waals surface area contributed by atoms with E-state index in [1.807, 2.05) is 0 Å². The molecule has 2 rings (SSSR count). The number of amides is 1. The molecule has 0 bridgehead atoms. The van der Waals surface area contributed by atoms with Gasteiger partial charge in [-0.25, -0.2) is 4.39 Å². The van der Waals surface area contributed by atoms with Gasteiger partial charge in [0.25, 0.3) is 5.91 Å². The fraction of sp³-hybridized carbons (Fsp3) is 0.385. The van der Waals surface area contributed by atoms with Crippen LogP contribution in [0.4, 0.5) is 4.39 Å². The Morgan fingerprint density at radius 2 is 2.22 bits per heavy atom. The minimum absolute atomic E-state index is 0.118. The van der Waals surface area contributed by atoms with E-state index in [4.69, 9.17) is 4.74 Å². The molecule has 1 N–H and O–H groups in total. The molecule has 0 spiro atoms. The normalized spacial score (nSPS) is 19.8. The van der Waals surface area contributed by atoms with Crippen molar-refractivity contribution in [3.05, 3.63) is 29.6 Å². The van der Waals surface area contributed by atoms with E-state index < -0.39 is 11.9 Å². The number of carbonyl (C=O) groups is 2. The molecule has 4 nitrogen and oxygen atoms in total. The van der Waals surface area contributed by atoms with Gasteiger partial charge in [0.2, 0.25) is 0 Å². The highest BCUT2D eigenvalue weighted by Gasteiger charge is 2.24. The third kappa shape index (κ3) is 2.67. The lowest BCUT2D eigenvalue weighted by Gasteiger charge is -2.17. The van der Waals surface area contributed by atoms with Gasteiger partial charge in [0.1, 0.15) is 0 Å². The van der Waals surface area contributed by atoms with Crippen molar-refractivity contribution >= 4 is 12.2 Å². The van der Waals surface area contributed by atoms with Crippen LogP contribution in [0.3, 0.4) is 0 Å². The first-order chi connectivity index (χ1) is 8.72. The molecule has 1 saturated heterocycles.